The van der Waals surface area contributed by atoms with Gasteiger partial charge in [0.1, 0.15) is 5.76 Å². The van der Waals surface area contributed by atoms with E-state index in [0.717, 1.165) is 31.0 Å². The molecule has 3 heterocycles. The highest BCUT2D eigenvalue weighted by Gasteiger charge is 2.22. The Kier molecular flexibility index (Phi) is 3.82. The first-order chi connectivity index (χ1) is 9.31. The Labute approximate surface area is 116 Å². The van der Waals surface area contributed by atoms with Crippen molar-refractivity contribution in [2.24, 2.45) is 0 Å². The Bertz CT molecular complexity index is 529. The predicted octanol–water partition coefficient (Wildman–Crippen LogP) is 2.90. The Morgan fingerprint density at radius 3 is 3.05 bits per heavy atom. The van der Waals surface area contributed by atoms with Gasteiger partial charge in [-0.3, -0.25) is 9.88 Å². The Balaban J connectivity index is 1.65. The number of hydrogen-bond acceptors (Lipinski definition) is 4. The van der Waals surface area contributed by atoms with E-state index in [1.165, 1.54) is 0 Å². The van der Waals surface area contributed by atoms with Crippen molar-refractivity contribution in [3.63, 3.8) is 0 Å². The smallest absolute Gasteiger partial charge is 0.193 e. The number of morpholine rings is 1. The first-order valence-corrected chi connectivity index (χ1v) is 6.67. The van der Waals surface area contributed by atoms with Gasteiger partial charge in [-0.2, -0.15) is 0 Å². The lowest BCUT2D eigenvalue weighted by Crippen LogP contribution is -2.37. The third-order valence-corrected chi connectivity index (χ3v) is 3.42. The molecule has 100 valence electrons. The van der Waals surface area contributed by atoms with Crippen LogP contribution in [0.25, 0.3) is 0 Å². The summed E-state index contributed by atoms with van der Waals surface area (Å²) in [5.41, 5.74) is 1.12. The van der Waals surface area contributed by atoms with Crippen molar-refractivity contribution >= 4 is 11.6 Å². The number of nitrogens with zero attached hydrogens (tertiary/aromatic N) is 2. The van der Waals surface area contributed by atoms with E-state index in [4.69, 9.17) is 20.8 Å². The molecule has 1 atom stereocenters. The lowest BCUT2D eigenvalue weighted by molar-refractivity contribution is -0.0348. The molecule has 1 fully saturated rings. The number of hydrogen-bond donors (Lipinski definition) is 0. The van der Waals surface area contributed by atoms with E-state index in [1.807, 2.05) is 24.4 Å². The van der Waals surface area contributed by atoms with Crippen LogP contribution in [0.2, 0.25) is 5.22 Å². The average Bonchev–Trinajstić information content (AvgIpc) is 2.85. The van der Waals surface area contributed by atoms with Gasteiger partial charge in [-0.1, -0.05) is 6.07 Å². The van der Waals surface area contributed by atoms with Gasteiger partial charge in [-0.05, 0) is 29.8 Å². The van der Waals surface area contributed by atoms with Crippen molar-refractivity contribution < 1.29 is 9.15 Å². The average molecular weight is 279 g/mol. The lowest BCUT2D eigenvalue weighted by Gasteiger charge is -2.32. The number of rotatable bonds is 3. The van der Waals surface area contributed by atoms with Crippen molar-refractivity contribution in [3.8, 4) is 0 Å². The molecule has 0 radical (unpaired) electrons. The van der Waals surface area contributed by atoms with Crippen molar-refractivity contribution in [3.05, 3.63) is 53.2 Å². The van der Waals surface area contributed by atoms with Gasteiger partial charge < -0.3 is 9.15 Å². The van der Waals surface area contributed by atoms with Crippen LogP contribution < -0.4 is 0 Å². The zero-order valence-electron chi connectivity index (χ0n) is 10.5. The van der Waals surface area contributed by atoms with E-state index in [-0.39, 0.29) is 6.10 Å². The van der Waals surface area contributed by atoms with Gasteiger partial charge in [0.2, 0.25) is 0 Å². The molecule has 0 amide bonds. The first kappa shape index (κ1) is 12.7. The largest absolute Gasteiger partial charge is 0.448 e. The highest BCUT2D eigenvalue weighted by molar-refractivity contribution is 6.28. The third-order valence-electron chi connectivity index (χ3n) is 3.22. The monoisotopic (exact) mass is 278 g/mol. The zero-order chi connectivity index (χ0) is 13.1. The standard InChI is InChI=1S/C14H15ClN2O2/c15-14-4-3-12(19-14)9-17-6-7-18-13(10-17)11-2-1-5-16-8-11/h1-5,8,13H,6-7,9-10H2. The highest BCUT2D eigenvalue weighted by atomic mass is 35.5. The summed E-state index contributed by atoms with van der Waals surface area (Å²) in [5, 5.41) is 0.437. The van der Waals surface area contributed by atoms with Crippen molar-refractivity contribution in [2.45, 2.75) is 12.6 Å². The molecule has 0 bridgehead atoms. The molecule has 2 aromatic heterocycles. The summed E-state index contributed by atoms with van der Waals surface area (Å²) < 4.78 is 11.2. The van der Waals surface area contributed by atoms with Gasteiger partial charge in [0.25, 0.3) is 0 Å². The fourth-order valence-electron chi connectivity index (χ4n) is 2.27. The lowest BCUT2D eigenvalue weighted by atomic mass is 10.1. The molecule has 1 unspecified atom stereocenters. The Hall–Kier alpha value is -1.36. The van der Waals surface area contributed by atoms with E-state index in [1.54, 1.807) is 12.3 Å². The maximum atomic E-state index is 5.80. The van der Waals surface area contributed by atoms with Crippen LogP contribution in [0.5, 0.6) is 0 Å². The molecule has 19 heavy (non-hydrogen) atoms. The van der Waals surface area contributed by atoms with Gasteiger partial charge in [0.15, 0.2) is 5.22 Å². The van der Waals surface area contributed by atoms with Crippen LogP contribution in [0.3, 0.4) is 0 Å². The minimum atomic E-state index is 0.0767. The molecule has 3 rings (SSSR count). The number of halogens is 1. The van der Waals surface area contributed by atoms with Crippen LogP contribution in [-0.4, -0.2) is 29.6 Å². The summed E-state index contributed by atoms with van der Waals surface area (Å²) in [5.74, 6) is 0.886. The SMILES string of the molecule is Clc1ccc(CN2CCOC(c3cccnc3)C2)o1. The van der Waals surface area contributed by atoms with E-state index >= 15 is 0 Å². The third kappa shape index (κ3) is 3.15. The van der Waals surface area contributed by atoms with Crippen molar-refractivity contribution in [1.29, 1.82) is 0 Å². The van der Waals surface area contributed by atoms with Crippen molar-refractivity contribution in [1.82, 2.24) is 9.88 Å². The van der Waals surface area contributed by atoms with Crippen molar-refractivity contribution in [2.75, 3.05) is 19.7 Å². The second kappa shape index (κ2) is 5.74. The number of pyridine rings is 1. The second-order valence-electron chi connectivity index (χ2n) is 4.59. The van der Waals surface area contributed by atoms with Crippen LogP contribution in [0, 0.1) is 0 Å². The molecule has 0 aliphatic carbocycles. The molecule has 4 nitrogen and oxygen atoms in total. The van der Waals surface area contributed by atoms with Gasteiger partial charge in [0, 0.05) is 31.0 Å². The molecule has 0 aromatic carbocycles. The van der Waals surface area contributed by atoms with Crippen LogP contribution in [0.15, 0.2) is 41.1 Å². The number of aromatic nitrogens is 1. The number of furan rings is 1. The summed E-state index contributed by atoms with van der Waals surface area (Å²) in [7, 11) is 0. The zero-order valence-corrected chi connectivity index (χ0v) is 11.2. The first-order valence-electron chi connectivity index (χ1n) is 6.29. The maximum absolute atomic E-state index is 5.80. The molecule has 1 aliphatic heterocycles. The molecular formula is C14H15ClN2O2. The topological polar surface area (TPSA) is 38.5 Å². The van der Waals surface area contributed by atoms with Gasteiger partial charge in [-0.25, -0.2) is 0 Å². The molecule has 0 spiro atoms. The quantitative estimate of drug-likeness (QED) is 0.865. The molecule has 2 aromatic rings. The van der Waals surface area contributed by atoms with Gasteiger partial charge >= 0.3 is 0 Å². The minimum Gasteiger partial charge on any atom is -0.448 e. The maximum Gasteiger partial charge on any atom is 0.193 e. The van der Waals surface area contributed by atoms with Crippen LogP contribution >= 0.6 is 11.6 Å². The molecular weight excluding hydrogens is 264 g/mol. The van der Waals surface area contributed by atoms with Crippen LogP contribution in [0.1, 0.15) is 17.4 Å². The molecule has 5 heteroatoms. The van der Waals surface area contributed by atoms with Gasteiger partial charge in [0.05, 0.1) is 19.3 Å². The molecule has 0 saturated carbocycles. The molecule has 1 saturated heterocycles. The van der Waals surface area contributed by atoms with E-state index in [0.29, 0.717) is 11.8 Å². The van der Waals surface area contributed by atoms with E-state index in [2.05, 4.69) is 9.88 Å². The van der Waals surface area contributed by atoms with Crippen LogP contribution in [0.4, 0.5) is 0 Å². The highest BCUT2D eigenvalue weighted by Crippen LogP contribution is 2.23. The van der Waals surface area contributed by atoms with E-state index in [9.17, 15) is 0 Å². The van der Waals surface area contributed by atoms with Crippen LogP contribution in [-0.2, 0) is 11.3 Å². The van der Waals surface area contributed by atoms with E-state index < -0.39 is 0 Å². The Morgan fingerprint density at radius 1 is 1.37 bits per heavy atom. The second-order valence-corrected chi connectivity index (χ2v) is 4.96. The number of ether oxygens (including phenoxy) is 1. The summed E-state index contributed by atoms with van der Waals surface area (Å²) in [4.78, 5) is 6.44. The summed E-state index contributed by atoms with van der Waals surface area (Å²) in [6, 6.07) is 7.67. The molecule has 1 aliphatic rings. The fourth-order valence-corrected chi connectivity index (χ4v) is 2.43. The minimum absolute atomic E-state index is 0.0767. The summed E-state index contributed by atoms with van der Waals surface area (Å²) in [6.07, 6.45) is 3.71. The fraction of sp³-hybridized carbons (Fsp3) is 0.357. The Morgan fingerprint density at radius 2 is 2.32 bits per heavy atom. The van der Waals surface area contributed by atoms with Gasteiger partial charge in [-0.15, -0.1) is 0 Å². The predicted molar refractivity (Wildman–Crippen MR) is 71.9 cm³/mol. The summed E-state index contributed by atoms with van der Waals surface area (Å²) >= 11 is 5.78. The normalized spacial score (nSPS) is 20.6. The summed E-state index contributed by atoms with van der Waals surface area (Å²) in [6.45, 7) is 3.21. The molecule has 0 N–H and O–H groups in total.